The molecule has 0 bridgehead atoms. The topological polar surface area (TPSA) is 42.9 Å². The Labute approximate surface area is 175 Å². The second-order valence-corrected chi connectivity index (χ2v) is 9.82. The Morgan fingerprint density at radius 2 is 1.33 bits per heavy atom. The maximum Gasteiger partial charge on any atom is 0.171 e. The molecular formula is C26H19N2OP. The van der Waals surface area contributed by atoms with Gasteiger partial charge in [0.25, 0.3) is 0 Å². The fourth-order valence-corrected chi connectivity index (χ4v) is 6.71. The molecule has 0 fully saturated rings. The summed E-state index contributed by atoms with van der Waals surface area (Å²) >= 11 is 0. The lowest BCUT2D eigenvalue weighted by atomic mass is 10.1. The molecule has 1 aromatic heterocycles. The molecule has 0 aliphatic rings. The van der Waals surface area contributed by atoms with Gasteiger partial charge in [0.2, 0.25) is 0 Å². The van der Waals surface area contributed by atoms with Crippen LogP contribution in [0.25, 0.3) is 22.0 Å². The molecule has 0 saturated heterocycles. The van der Waals surface area contributed by atoms with Gasteiger partial charge in [-0.2, -0.15) is 0 Å². The van der Waals surface area contributed by atoms with Crippen molar-refractivity contribution < 1.29 is 4.57 Å². The van der Waals surface area contributed by atoms with Crippen LogP contribution in [0.5, 0.6) is 0 Å². The summed E-state index contributed by atoms with van der Waals surface area (Å²) in [4.78, 5) is 8.30. The Morgan fingerprint density at radius 3 is 2.10 bits per heavy atom. The average Bonchev–Trinajstić information content (AvgIpc) is 2.84. The van der Waals surface area contributed by atoms with E-state index in [0.717, 1.165) is 37.9 Å². The van der Waals surface area contributed by atoms with Crippen molar-refractivity contribution in [2.45, 2.75) is 0 Å². The van der Waals surface area contributed by atoms with Gasteiger partial charge in [0.05, 0.1) is 5.69 Å². The number of rotatable bonds is 4. The lowest BCUT2D eigenvalue weighted by Crippen LogP contribution is -2.25. The Hall–Kier alpha value is -3.55. The summed E-state index contributed by atoms with van der Waals surface area (Å²) in [6.45, 7) is 0. The zero-order valence-electron chi connectivity index (χ0n) is 16.2. The first-order valence-electron chi connectivity index (χ1n) is 9.78. The van der Waals surface area contributed by atoms with Crippen LogP contribution in [0, 0.1) is 0 Å². The van der Waals surface area contributed by atoms with E-state index in [-0.39, 0.29) is 0 Å². The van der Waals surface area contributed by atoms with Gasteiger partial charge in [0.15, 0.2) is 7.14 Å². The molecule has 0 aliphatic heterocycles. The monoisotopic (exact) mass is 406 g/mol. The van der Waals surface area contributed by atoms with Gasteiger partial charge >= 0.3 is 0 Å². The highest BCUT2D eigenvalue weighted by atomic mass is 31.2. The molecule has 1 unspecified atom stereocenters. The van der Waals surface area contributed by atoms with Gasteiger partial charge in [0, 0.05) is 27.7 Å². The largest absolute Gasteiger partial charge is 0.309 e. The molecular weight excluding hydrogens is 387 g/mol. The summed E-state index contributed by atoms with van der Waals surface area (Å²) in [6, 6.07) is 33.7. The van der Waals surface area contributed by atoms with Crippen LogP contribution in [-0.4, -0.2) is 9.97 Å². The average molecular weight is 406 g/mol. The fourth-order valence-electron chi connectivity index (χ4n) is 3.85. The van der Waals surface area contributed by atoms with Crippen LogP contribution < -0.4 is 15.9 Å². The van der Waals surface area contributed by atoms with Crippen molar-refractivity contribution >= 4 is 33.8 Å². The second kappa shape index (κ2) is 7.70. The third kappa shape index (κ3) is 3.14. The Balaban J connectivity index is 1.73. The molecule has 1 heterocycles. The number of benzene rings is 4. The smallest absolute Gasteiger partial charge is 0.171 e. The number of aromatic nitrogens is 2. The van der Waals surface area contributed by atoms with Crippen molar-refractivity contribution in [3.05, 3.63) is 116 Å². The summed E-state index contributed by atoms with van der Waals surface area (Å²) < 4.78 is 14.9. The van der Waals surface area contributed by atoms with Crippen molar-refractivity contribution in [2.24, 2.45) is 0 Å². The third-order valence-corrected chi connectivity index (χ3v) is 8.45. The molecule has 3 nitrogen and oxygen atoms in total. The molecule has 0 saturated carbocycles. The van der Waals surface area contributed by atoms with Gasteiger partial charge in [0.1, 0.15) is 6.33 Å². The first-order chi connectivity index (χ1) is 14.8. The van der Waals surface area contributed by atoms with Crippen LogP contribution in [0.15, 0.2) is 116 Å². The maximum atomic E-state index is 14.9. The summed E-state index contributed by atoms with van der Waals surface area (Å²) in [5.74, 6) is 0. The molecule has 0 amide bonds. The SMILES string of the molecule is O=P(c1ccccc1)(c1ccc(-c2ccncn2)cc1)c1cccc2ccccc12. The van der Waals surface area contributed by atoms with Crippen LogP contribution in [0.1, 0.15) is 0 Å². The van der Waals surface area contributed by atoms with Gasteiger partial charge in [-0.1, -0.05) is 97.1 Å². The van der Waals surface area contributed by atoms with Crippen molar-refractivity contribution in [2.75, 3.05) is 0 Å². The molecule has 4 aromatic carbocycles. The lowest BCUT2D eigenvalue weighted by molar-refractivity contribution is 0.592. The quantitative estimate of drug-likeness (QED) is 0.397. The maximum absolute atomic E-state index is 14.9. The number of hydrogen-bond acceptors (Lipinski definition) is 3. The lowest BCUT2D eigenvalue weighted by Gasteiger charge is -2.22. The van der Waals surface area contributed by atoms with E-state index in [1.807, 2.05) is 84.9 Å². The predicted octanol–water partition coefficient (Wildman–Crippen LogP) is 4.94. The van der Waals surface area contributed by atoms with Crippen LogP contribution in [0.4, 0.5) is 0 Å². The van der Waals surface area contributed by atoms with Gasteiger partial charge < -0.3 is 4.57 Å². The minimum Gasteiger partial charge on any atom is -0.309 e. The fraction of sp³-hybridized carbons (Fsp3) is 0. The molecule has 5 rings (SSSR count). The Morgan fingerprint density at radius 1 is 0.633 bits per heavy atom. The molecule has 30 heavy (non-hydrogen) atoms. The zero-order chi connectivity index (χ0) is 20.4. The van der Waals surface area contributed by atoms with Gasteiger partial charge in [-0.3, -0.25) is 0 Å². The molecule has 0 aliphatic carbocycles. The standard InChI is InChI=1S/C26H19N2OP/c29-30(22-9-2-1-3-10-22,26-12-6-8-20-7-4-5-11-24(20)26)23-15-13-21(14-16-23)25-17-18-27-19-28-25/h1-19H. The molecule has 5 aromatic rings. The molecule has 1 atom stereocenters. The van der Waals surface area contributed by atoms with Crippen molar-refractivity contribution in [1.82, 2.24) is 9.97 Å². The molecule has 0 N–H and O–H groups in total. The summed E-state index contributed by atoms with van der Waals surface area (Å²) in [6.07, 6.45) is 3.26. The Bertz CT molecular complexity index is 1350. The van der Waals surface area contributed by atoms with E-state index in [2.05, 4.69) is 28.2 Å². The molecule has 4 heteroatoms. The number of hydrogen-bond donors (Lipinski definition) is 0. The van der Waals surface area contributed by atoms with Gasteiger partial charge in [-0.15, -0.1) is 0 Å². The van der Waals surface area contributed by atoms with Crippen molar-refractivity contribution in [3.8, 4) is 11.3 Å². The highest BCUT2D eigenvalue weighted by Gasteiger charge is 2.31. The van der Waals surface area contributed by atoms with E-state index < -0.39 is 7.14 Å². The van der Waals surface area contributed by atoms with E-state index in [4.69, 9.17) is 0 Å². The van der Waals surface area contributed by atoms with Gasteiger partial charge in [-0.25, -0.2) is 9.97 Å². The van der Waals surface area contributed by atoms with Gasteiger partial charge in [-0.05, 0) is 16.8 Å². The normalized spacial score (nSPS) is 13.1. The summed E-state index contributed by atoms with van der Waals surface area (Å²) in [5.41, 5.74) is 1.81. The number of fused-ring (bicyclic) bond motifs is 1. The van der Waals surface area contributed by atoms with E-state index >= 15 is 0 Å². The zero-order valence-corrected chi connectivity index (χ0v) is 17.1. The third-order valence-electron chi connectivity index (χ3n) is 5.33. The van der Waals surface area contributed by atoms with Crippen LogP contribution in [0.3, 0.4) is 0 Å². The van der Waals surface area contributed by atoms with Crippen molar-refractivity contribution in [1.29, 1.82) is 0 Å². The minimum atomic E-state index is -3.07. The van der Waals surface area contributed by atoms with Crippen LogP contribution in [0.2, 0.25) is 0 Å². The van der Waals surface area contributed by atoms with Crippen LogP contribution in [-0.2, 0) is 4.57 Å². The van der Waals surface area contributed by atoms with Crippen LogP contribution >= 0.6 is 7.14 Å². The van der Waals surface area contributed by atoms with E-state index in [1.54, 1.807) is 6.20 Å². The minimum absolute atomic E-state index is 0.808. The molecule has 0 radical (unpaired) electrons. The molecule has 0 spiro atoms. The number of nitrogens with zero attached hydrogens (tertiary/aromatic N) is 2. The summed E-state index contributed by atoms with van der Waals surface area (Å²) in [7, 11) is -3.07. The van der Waals surface area contributed by atoms with E-state index in [9.17, 15) is 4.57 Å². The molecule has 144 valence electrons. The first-order valence-corrected chi connectivity index (χ1v) is 11.5. The Kier molecular flexibility index (Phi) is 4.74. The van der Waals surface area contributed by atoms with Crippen molar-refractivity contribution in [3.63, 3.8) is 0 Å². The highest BCUT2D eigenvalue weighted by Crippen LogP contribution is 2.44. The predicted molar refractivity (Wildman–Crippen MR) is 124 cm³/mol. The summed E-state index contributed by atoms with van der Waals surface area (Å²) in [5, 5.41) is 4.61. The van der Waals surface area contributed by atoms with E-state index in [1.165, 1.54) is 6.33 Å². The first kappa shape index (κ1) is 18.5. The second-order valence-electron chi connectivity index (χ2n) is 7.08. The highest BCUT2D eigenvalue weighted by molar-refractivity contribution is 7.85. The van der Waals surface area contributed by atoms with E-state index in [0.29, 0.717) is 0 Å².